The molecule has 2 N–H and O–H groups in total. The molecule has 0 aliphatic heterocycles. The normalized spacial score (nSPS) is 18.0. The molecule has 0 saturated heterocycles. The molecular weight excluding hydrogens is 250 g/mol. The first-order chi connectivity index (χ1) is 9.57. The van der Waals surface area contributed by atoms with Crippen LogP contribution in [0.5, 0.6) is 5.75 Å². The van der Waals surface area contributed by atoms with Gasteiger partial charge in [-0.1, -0.05) is 31.4 Å². The second-order valence-corrected chi connectivity index (χ2v) is 6.07. The maximum absolute atomic E-state index is 12.9. The van der Waals surface area contributed by atoms with Crippen molar-refractivity contribution in [3.63, 3.8) is 0 Å². The fourth-order valence-corrected chi connectivity index (χ4v) is 3.04. The Morgan fingerprint density at radius 2 is 2.00 bits per heavy atom. The van der Waals surface area contributed by atoms with Crippen molar-refractivity contribution in [2.45, 2.75) is 52.1 Å². The molecule has 1 saturated carbocycles. The molecule has 2 rings (SSSR count). The minimum absolute atomic E-state index is 0.110. The van der Waals surface area contributed by atoms with Crippen molar-refractivity contribution in [3.05, 3.63) is 29.8 Å². The summed E-state index contributed by atoms with van der Waals surface area (Å²) in [5, 5.41) is 0. The second-order valence-electron chi connectivity index (χ2n) is 6.07. The zero-order chi connectivity index (χ0) is 14.6. The number of hydrogen-bond donors (Lipinski definition) is 1. The molecule has 0 unspecified atom stereocenters. The fourth-order valence-electron chi connectivity index (χ4n) is 3.04. The predicted octanol–water partition coefficient (Wildman–Crippen LogP) is 3.57. The zero-order valence-corrected chi connectivity index (χ0v) is 12.5. The van der Waals surface area contributed by atoms with E-state index < -0.39 is 0 Å². The van der Waals surface area contributed by atoms with Gasteiger partial charge in [0, 0.05) is 17.5 Å². The molecule has 1 aliphatic rings. The van der Waals surface area contributed by atoms with Gasteiger partial charge in [-0.05, 0) is 38.8 Å². The highest BCUT2D eigenvalue weighted by molar-refractivity contribution is 6.01. The van der Waals surface area contributed by atoms with E-state index in [1.54, 1.807) is 0 Å². The summed E-state index contributed by atoms with van der Waals surface area (Å²) < 4.78 is 5.68. The van der Waals surface area contributed by atoms with Crippen LogP contribution in [0.15, 0.2) is 24.3 Å². The summed E-state index contributed by atoms with van der Waals surface area (Å²) in [6.45, 7) is 4.41. The lowest BCUT2D eigenvalue weighted by Crippen LogP contribution is -2.40. The second kappa shape index (κ2) is 6.40. The molecule has 0 spiro atoms. The Bertz CT molecular complexity index is 462. The molecule has 3 nitrogen and oxygen atoms in total. The number of Topliss-reactive ketones (excluding diaryl/α,β-unsaturated/α-hetero) is 1. The van der Waals surface area contributed by atoms with Crippen molar-refractivity contribution in [3.8, 4) is 5.75 Å². The molecule has 1 fully saturated rings. The summed E-state index contributed by atoms with van der Waals surface area (Å²) in [5.74, 6) is 0.947. The van der Waals surface area contributed by atoms with Gasteiger partial charge in [-0.2, -0.15) is 0 Å². The molecule has 0 atom stereocenters. The smallest absolute Gasteiger partial charge is 0.170 e. The lowest BCUT2D eigenvalue weighted by atomic mass is 9.69. The minimum Gasteiger partial charge on any atom is -0.491 e. The summed E-state index contributed by atoms with van der Waals surface area (Å²) >= 11 is 0. The first-order valence-electron chi connectivity index (χ1n) is 7.59. The maximum atomic E-state index is 12.9. The van der Waals surface area contributed by atoms with E-state index >= 15 is 0 Å². The number of benzene rings is 1. The van der Waals surface area contributed by atoms with Crippen LogP contribution < -0.4 is 10.5 Å². The van der Waals surface area contributed by atoms with Crippen LogP contribution in [0.3, 0.4) is 0 Å². The molecule has 0 heterocycles. The van der Waals surface area contributed by atoms with Gasteiger partial charge in [0.25, 0.3) is 0 Å². The minimum atomic E-state index is -0.352. The van der Waals surface area contributed by atoms with E-state index in [9.17, 15) is 4.79 Å². The zero-order valence-electron chi connectivity index (χ0n) is 12.5. The molecule has 1 aromatic carbocycles. The molecule has 0 bridgehead atoms. The summed E-state index contributed by atoms with van der Waals surface area (Å²) in [7, 11) is 0. The van der Waals surface area contributed by atoms with Crippen LogP contribution in [-0.4, -0.2) is 18.4 Å². The van der Waals surface area contributed by atoms with Crippen LogP contribution in [0.1, 0.15) is 56.3 Å². The van der Waals surface area contributed by atoms with Crippen LogP contribution in [-0.2, 0) is 0 Å². The highest BCUT2D eigenvalue weighted by Crippen LogP contribution is 2.38. The van der Waals surface area contributed by atoms with Crippen molar-refractivity contribution < 1.29 is 9.53 Å². The number of rotatable bonds is 5. The SMILES string of the molecule is CC(C)Oc1cccc(C(=O)C2(CN)CCCCC2)c1. The Kier molecular flexibility index (Phi) is 4.81. The third-order valence-electron chi connectivity index (χ3n) is 4.15. The summed E-state index contributed by atoms with van der Waals surface area (Å²) in [6.07, 6.45) is 5.36. The van der Waals surface area contributed by atoms with Gasteiger partial charge in [-0.3, -0.25) is 4.79 Å². The van der Waals surface area contributed by atoms with Crippen molar-refractivity contribution >= 4 is 5.78 Å². The lowest BCUT2D eigenvalue weighted by Gasteiger charge is -2.34. The van der Waals surface area contributed by atoms with E-state index in [1.165, 1.54) is 6.42 Å². The summed E-state index contributed by atoms with van der Waals surface area (Å²) in [6, 6.07) is 7.51. The molecule has 0 amide bonds. The Hall–Kier alpha value is -1.35. The van der Waals surface area contributed by atoms with Gasteiger partial charge < -0.3 is 10.5 Å². The number of carbonyl (C=O) groups excluding carboxylic acids is 1. The van der Waals surface area contributed by atoms with Gasteiger partial charge in [0.15, 0.2) is 5.78 Å². The molecule has 20 heavy (non-hydrogen) atoms. The first-order valence-corrected chi connectivity index (χ1v) is 7.59. The molecular formula is C17H25NO2. The lowest BCUT2D eigenvalue weighted by molar-refractivity contribution is 0.0729. The quantitative estimate of drug-likeness (QED) is 0.836. The molecule has 1 aromatic rings. The van der Waals surface area contributed by atoms with Crippen LogP contribution in [0, 0.1) is 5.41 Å². The van der Waals surface area contributed by atoms with Gasteiger partial charge in [0.05, 0.1) is 6.10 Å². The Morgan fingerprint density at radius 3 is 2.60 bits per heavy atom. The summed E-state index contributed by atoms with van der Waals surface area (Å²) in [4.78, 5) is 12.9. The molecule has 110 valence electrons. The Morgan fingerprint density at radius 1 is 1.30 bits per heavy atom. The maximum Gasteiger partial charge on any atom is 0.170 e. The van der Waals surface area contributed by atoms with Crippen molar-refractivity contribution in [1.29, 1.82) is 0 Å². The number of carbonyl (C=O) groups is 1. The monoisotopic (exact) mass is 275 g/mol. The highest BCUT2D eigenvalue weighted by atomic mass is 16.5. The van der Waals surface area contributed by atoms with E-state index in [0.29, 0.717) is 6.54 Å². The van der Waals surface area contributed by atoms with Gasteiger partial charge in [0.2, 0.25) is 0 Å². The largest absolute Gasteiger partial charge is 0.491 e. The van der Waals surface area contributed by atoms with Crippen LogP contribution in [0.25, 0.3) is 0 Å². The van der Waals surface area contributed by atoms with E-state index in [0.717, 1.165) is 37.0 Å². The molecule has 3 heteroatoms. The third-order valence-corrected chi connectivity index (χ3v) is 4.15. The molecule has 0 aromatic heterocycles. The van der Waals surface area contributed by atoms with Gasteiger partial charge >= 0.3 is 0 Å². The number of nitrogens with two attached hydrogens (primary N) is 1. The van der Waals surface area contributed by atoms with E-state index in [4.69, 9.17) is 10.5 Å². The Balaban J connectivity index is 2.23. The molecule has 0 radical (unpaired) electrons. The number of ether oxygens (including phenoxy) is 1. The van der Waals surface area contributed by atoms with Gasteiger partial charge in [-0.15, -0.1) is 0 Å². The average Bonchev–Trinajstić information content (AvgIpc) is 2.47. The predicted molar refractivity (Wildman–Crippen MR) is 81.1 cm³/mol. The van der Waals surface area contributed by atoms with E-state index in [2.05, 4.69) is 0 Å². The molecule has 1 aliphatic carbocycles. The highest BCUT2D eigenvalue weighted by Gasteiger charge is 2.38. The van der Waals surface area contributed by atoms with Crippen molar-refractivity contribution in [2.75, 3.05) is 6.54 Å². The van der Waals surface area contributed by atoms with E-state index in [1.807, 2.05) is 38.1 Å². The van der Waals surface area contributed by atoms with Gasteiger partial charge in [-0.25, -0.2) is 0 Å². The van der Waals surface area contributed by atoms with Crippen molar-refractivity contribution in [1.82, 2.24) is 0 Å². The van der Waals surface area contributed by atoms with Crippen LogP contribution in [0.4, 0.5) is 0 Å². The van der Waals surface area contributed by atoms with Crippen LogP contribution >= 0.6 is 0 Å². The van der Waals surface area contributed by atoms with Gasteiger partial charge in [0.1, 0.15) is 5.75 Å². The van der Waals surface area contributed by atoms with Crippen molar-refractivity contribution in [2.24, 2.45) is 11.1 Å². The van der Waals surface area contributed by atoms with E-state index in [-0.39, 0.29) is 17.3 Å². The number of hydrogen-bond acceptors (Lipinski definition) is 3. The third kappa shape index (κ3) is 3.21. The average molecular weight is 275 g/mol. The standard InChI is InChI=1S/C17H25NO2/c1-13(2)20-15-8-6-7-14(11-15)16(19)17(12-18)9-4-3-5-10-17/h6-8,11,13H,3-5,9-10,12,18H2,1-2H3. The summed E-state index contributed by atoms with van der Waals surface area (Å²) in [5.41, 5.74) is 6.32. The first kappa shape index (κ1) is 15.0. The topological polar surface area (TPSA) is 52.3 Å². The fraction of sp³-hybridized carbons (Fsp3) is 0.588. The van der Waals surface area contributed by atoms with Crippen LogP contribution in [0.2, 0.25) is 0 Å². The number of ketones is 1. The Labute approximate surface area is 121 Å².